The molecule has 2 heterocycles. The third kappa shape index (κ3) is 2.15. The summed E-state index contributed by atoms with van der Waals surface area (Å²) in [4.78, 5) is 20.9. The first-order valence-corrected chi connectivity index (χ1v) is 7.61. The molecule has 1 aromatic carbocycles. The lowest BCUT2D eigenvalue weighted by atomic mass is 9.76. The zero-order valence-corrected chi connectivity index (χ0v) is 12.0. The van der Waals surface area contributed by atoms with Gasteiger partial charge in [-0.1, -0.05) is 24.3 Å². The molecule has 0 atom stereocenters. The van der Waals surface area contributed by atoms with E-state index in [0.717, 1.165) is 25.9 Å². The van der Waals surface area contributed by atoms with E-state index in [4.69, 9.17) is 0 Å². The number of aromatic nitrogens is 2. The molecule has 1 spiro atoms. The summed E-state index contributed by atoms with van der Waals surface area (Å²) in [6, 6.07) is 8.81. The number of nitrogens with zero attached hydrogens (tertiary/aromatic N) is 2. The first-order chi connectivity index (χ1) is 10.3. The standard InChI is InChI=1S/C17H19N3O/c21-16-15(18-7-8-19-16)20-9-5-17(6-10-20)11-13-3-1-2-4-14(13)12-17/h1-4,7-8H,5-6,9-12H2,(H,19,21). The van der Waals surface area contributed by atoms with Crippen molar-refractivity contribution in [2.75, 3.05) is 18.0 Å². The Balaban J connectivity index is 1.51. The van der Waals surface area contributed by atoms with Gasteiger partial charge < -0.3 is 9.88 Å². The van der Waals surface area contributed by atoms with Crippen LogP contribution in [0.1, 0.15) is 24.0 Å². The Kier molecular flexibility index (Phi) is 2.84. The molecule has 1 aromatic heterocycles. The summed E-state index contributed by atoms with van der Waals surface area (Å²) < 4.78 is 0. The quantitative estimate of drug-likeness (QED) is 0.871. The lowest BCUT2D eigenvalue weighted by Gasteiger charge is -2.39. The monoisotopic (exact) mass is 281 g/mol. The average Bonchev–Trinajstić information content (AvgIpc) is 2.86. The van der Waals surface area contributed by atoms with Crippen LogP contribution in [0.4, 0.5) is 5.82 Å². The van der Waals surface area contributed by atoms with Gasteiger partial charge in [-0.2, -0.15) is 0 Å². The van der Waals surface area contributed by atoms with Crippen LogP contribution in [0.25, 0.3) is 0 Å². The molecule has 4 rings (SSSR count). The number of rotatable bonds is 1. The van der Waals surface area contributed by atoms with Crippen molar-refractivity contribution < 1.29 is 0 Å². The molecule has 1 saturated heterocycles. The van der Waals surface area contributed by atoms with Crippen LogP contribution in [0.5, 0.6) is 0 Å². The summed E-state index contributed by atoms with van der Waals surface area (Å²) in [7, 11) is 0. The molecule has 0 bridgehead atoms. The molecule has 4 heteroatoms. The summed E-state index contributed by atoms with van der Waals surface area (Å²) in [6.45, 7) is 1.85. The van der Waals surface area contributed by atoms with Crippen LogP contribution >= 0.6 is 0 Å². The first kappa shape index (κ1) is 12.6. The van der Waals surface area contributed by atoms with Gasteiger partial charge in [-0.25, -0.2) is 4.98 Å². The van der Waals surface area contributed by atoms with Crippen molar-refractivity contribution in [3.63, 3.8) is 0 Å². The topological polar surface area (TPSA) is 49.0 Å². The number of hydrogen-bond acceptors (Lipinski definition) is 3. The Morgan fingerprint density at radius 1 is 1.10 bits per heavy atom. The first-order valence-electron chi connectivity index (χ1n) is 7.61. The fourth-order valence-electron chi connectivity index (χ4n) is 3.89. The van der Waals surface area contributed by atoms with E-state index in [2.05, 4.69) is 39.1 Å². The van der Waals surface area contributed by atoms with E-state index in [1.54, 1.807) is 12.4 Å². The van der Waals surface area contributed by atoms with Crippen LogP contribution in [0.2, 0.25) is 0 Å². The van der Waals surface area contributed by atoms with Gasteiger partial charge in [0.15, 0.2) is 5.82 Å². The molecule has 1 N–H and O–H groups in total. The predicted octanol–water partition coefficient (Wildman–Crippen LogP) is 2.16. The molecule has 1 fully saturated rings. The molecule has 1 aliphatic carbocycles. The van der Waals surface area contributed by atoms with E-state index < -0.39 is 0 Å². The third-order valence-electron chi connectivity index (χ3n) is 5.06. The summed E-state index contributed by atoms with van der Waals surface area (Å²) in [5.41, 5.74) is 3.35. The lowest BCUT2D eigenvalue weighted by Crippen LogP contribution is -2.43. The number of anilines is 1. The Bertz CT molecular complexity index is 687. The average molecular weight is 281 g/mol. The van der Waals surface area contributed by atoms with E-state index in [-0.39, 0.29) is 5.56 Å². The molecule has 0 saturated carbocycles. The summed E-state index contributed by atoms with van der Waals surface area (Å²) in [5, 5.41) is 0. The van der Waals surface area contributed by atoms with Gasteiger partial charge in [-0.3, -0.25) is 4.79 Å². The van der Waals surface area contributed by atoms with Crippen LogP contribution in [0, 0.1) is 5.41 Å². The zero-order valence-electron chi connectivity index (χ0n) is 12.0. The van der Waals surface area contributed by atoms with Gasteiger partial charge in [0, 0.05) is 25.5 Å². The fraction of sp³-hybridized carbons (Fsp3) is 0.412. The highest BCUT2D eigenvalue weighted by atomic mass is 16.1. The van der Waals surface area contributed by atoms with Crippen molar-refractivity contribution in [2.45, 2.75) is 25.7 Å². The fourth-order valence-corrected chi connectivity index (χ4v) is 3.89. The highest BCUT2D eigenvalue weighted by molar-refractivity contribution is 5.39. The Morgan fingerprint density at radius 3 is 2.38 bits per heavy atom. The van der Waals surface area contributed by atoms with Crippen LogP contribution < -0.4 is 10.5 Å². The van der Waals surface area contributed by atoms with Crippen molar-refractivity contribution in [2.24, 2.45) is 5.41 Å². The highest BCUT2D eigenvalue weighted by Crippen LogP contribution is 2.44. The van der Waals surface area contributed by atoms with Crippen molar-refractivity contribution in [1.29, 1.82) is 0 Å². The smallest absolute Gasteiger partial charge is 0.290 e. The van der Waals surface area contributed by atoms with Crippen molar-refractivity contribution in [3.05, 3.63) is 58.1 Å². The molecule has 4 nitrogen and oxygen atoms in total. The second-order valence-corrected chi connectivity index (χ2v) is 6.35. The Hall–Kier alpha value is -2.10. The molecule has 21 heavy (non-hydrogen) atoms. The van der Waals surface area contributed by atoms with Crippen LogP contribution in [-0.2, 0) is 12.8 Å². The lowest BCUT2D eigenvalue weighted by molar-refractivity contribution is 0.232. The predicted molar refractivity (Wildman–Crippen MR) is 82.6 cm³/mol. The van der Waals surface area contributed by atoms with Gasteiger partial charge in [0.1, 0.15) is 0 Å². The van der Waals surface area contributed by atoms with Crippen molar-refractivity contribution in [3.8, 4) is 0 Å². The molecule has 1 aliphatic heterocycles. The number of aromatic amines is 1. The summed E-state index contributed by atoms with van der Waals surface area (Å²) in [5.74, 6) is 0.572. The van der Waals surface area contributed by atoms with Gasteiger partial charge in [0.05, 0.1) is 0 Å². The van der Waals surface area contributed by atoms with Crippen LogP contribution in [-0.4, -0.2) is 23.1 Å². The van der Waals surface area contributed by atoms with Crippen molar-refractivity contribution >= 4 is 5.82 Å². The molecule has 2 aromatic rings. The second kappa shape index (κ2) is 4.72. The van der Waals surface area contributed by atoms with E-state index in [9.17, 15) is 4.79 Å². The van der Waals surface area contributed by atoms with E-state index in [0.29, 0.717) is 11.2 Å². The number of fused-ring (bicyclic) bond motifs is 1. The van der Waals surface area contributed by atoms with Gasteiger partial charge >= 0.3 is 0 Å². The third-order valence-corrected chi connectivity index (χ3v) is 5.06. The minimum absolute atomic E-state index is 0.0804. The van der Waals surface area contributed by atoms with E-state index >= 15 is 0 Å². The molecule has 2 aliphatic rings. The van der Waals surface area contributed by atoms with Crippen LogP contribution in [0.15, 0.2) is 41.5 Å². The van der Waals surface area contributed by atoms with Gasteiger partial charge in [0.25, 0.3) is 5.56 Å². The zero-order chi connectivity index (χ0) is 14.3. The van der Waals surface area contributed by atoms with Gasteiger partial charge in [0.2, 0.25) is 0 Å². The molecule has 0 unspecified atom stereocenters. The summed E-state index contributed by atoms with van der Waals surface area (Å²) in [6.07, 6.45) is 7.90. The maximum Gasteiger partial charge on any atom is 0.290 e. The maximum atomic E-state index is 11.9. The Labute approximate surface area is 123 Å². The SMILES string of the molecule is O=c1[nH]ccnc1N1CCC2(CC1)Cc1ccccc1C2. The minimum atomic E-state index is -0.0804. The largest absolute Gasteiger partial charge is 0.352 e. The van der Waals surface area contributed by atoms with E-state index in [1.165, 1.54) is 24.0 Å². The molecular formula is C17H19N3O. The Morgan fingerprint density at radius 2 is 1.76 bits per heavy atom. The van der Waals surface area contributed by atoms with Crippen LogP contribution in [0.3, 0.4) is 0 Å². The number of H-pyrrole nitrogens is 1. The molecular weight excluding hydrogens is 262 g/mol. The van der Waals surface area contributed by atoms with Gasteiger partial charge in [-0.15, -0.1) is 0 Å². The normalized spacial score (nSPS) is 19.7. The van der Waals surface area contributed by atoms with E-state index in [1.807, 2.05) is 0 Å². The number of nitrogens with one attached hydrogen (secondary N) is 1. The number of hydrogen-bond donors (Lipinski definition) is 1. The number of benzene rings is 1. The molecule has 0 radical (unpaired) electrons. The van der Waals surface area contributed by atoms with Crippen molar-refractivity contribution in [1.82, 2.24) is 9.97 Å². The minimum Gasteiger partial charge on any atom is -0.352 e. The van der Waals surface area contributed by atoms with Gasteiger partial charge in [-0.05, 0) is 42.2 Å². The number of piperidine rings is 1. The second-order valence-electron chi connectivity index (χ2n) is 6.35. The molecule has 108 valence electrons. The maximum absolute atomic E-state index is 11.9. The summed E-state index contributed by atoms with van der Waals surface area (Å²) >= 11 is 0. The highest BCUT2D eigenvalue weighted by Gasteiger charge is 2.40. The molecule has 0 amide bonds.